The second-order valence-electron chi connectivity index (χ2n) is 6.15. The van der Waals surface area contributed by atoms with Gasteiger partial charge in [0.25, 0.3) is 0 Å². The normalized spacial score (nSPS) is 12.0. The standard InChI is InChI=1S/C22H32O4/c1-2-3-4-5-11-14-17-20(23)21(24)18-15-12-9-7-6-8-10-13-16-19-22(25)26/h6-10,13,16,19H,2-5,11-12,14-15,17-18H2,1H3,(H,25,26). The Kier molecular flexibility index (Phi) is 16.1. The Bertz CT molecular complexity index is 524. The molecule has 0 saturated heterocycles. The molecule has 0 radical (unpaired) electrons. The highest BCUT2D eigenvalue weighted by atomic mass is 16.4. The van der Waals surface area contributed by atoms with E-state index in [1.165, 1.54) is 25.3 Å². The second-order valence-corrected chi connectivity index (χ2v) is 6.15. The van der Waals surface area contributed by atoms with Gasteiger partial charge in [-0.3, -0.25) is 9.59 Å². The lowest BCUT2D eigenvalue weighted by Gasteiger charge is -2.01. The topological polar surface area (TPSA) is 71.4 Å². The number of aliphatic carboxylic acids is 1. The highest BCUT2D eigenvalue weighted by Crippen LogP contribution is 2.08. The smallest absolute Gasteiger partial charge is 0.328 e. The van der Waals surface area contributed by atoms with Crippen molar-refractivity contribution in [3.63, 3.8) is 0 Å². The van der Waals surface area contributed by atoms with Crippen molar-refractivity contribution in [3.8, 4) is 0 Å². The summed E-state index contributed by atoms with van der Waals surface area (Å²) in [5.74, 6) is -1.43. The van der Waals surface area contributed by atoms with E-state index in [0.717, 1.165) is 31.8 Å². The largest absolute Gasteiger partial charge is 0.478 e. The maximum absolute atomic E-state index is 11.7. The fourth-order valence-electron chi connectivity index (χ4n) is 2.29. The number of carboxylic acids is 1. The van der Waals surface area contributed by atoms with E-state index in [-0.39, 0.29) is 11.6 Å². The van der Waals surface area contributed by atoms with E-state index in [9.17, 15) is 14.4 Å². The zero-order valence-electron chi connectivity index (χ0n) is 15.9. The highest BCUT2D eigenvalue weighted by Gasteiger charge is 2.11. The average molecular weight is 360 g/mol. The summed E-state index contributed by atoms with van der Waals surface area (Å²) in [5, 5.41) is 8.40. The molecule has 144 valence electrons. The molecular formula is C22H32O4. The van der Waals surface area contributed by atoms with E-state index in [0.29, 0.717) is 19.3 Å². The highest BCUT2D eigenvalue weighted by molar-refractivity contribution is 6.37. The van der Waals surface area contributed by atoms with Crippen LogP contribution in [-0.4, -0.2) is 22.6 Å². The number of Topliss-reactive ketones (excluding diaryl/α,β-unsaturated/α-hetero) is 2. The van der Waals surface area contributed by atoms with Gasteiger partial charge < -0.3 is 5.11 Å². The minimum atomic E-state index is -0.974. The quantitative estimate of drug-likeness (QED) is 0.174. The second kappa shape index (κ2) is 17.6. The molecule has 0 aliphatic rings. The fraction of sp³-hybridized carbons (Fsp3) is 0.500. The molecule has 4 heteroatoms. The van der Waals surface area contributed by atoms with Crippen LogP contribution >= 0.6 is 0 Å². The van der Waals surface area contributed by atoms with Crippen LogP contribution < -0.4 is 0 Å². The molecule has 0 heterocycles. The Morgan fingerprint density at radius 2 is 1.23 bits per heavy atom. The first-order valence-electron chi connectivity index (χ1n) is 9.53. The fourth-order valence-corrected chi connectivity index (χ4v) is 2.29. The summed E-state index contributed by atoms with van der Waals surface area (Å²) < 4.78 is 0. The van der Waals surface area contributed by atoms with Gasteiger partial charge in [0.15, 0.2) is 11.6 Å². The number of carboxylic acid groups (broad SMARTS) is 1. The summed E-state index contributed by atoms with van der Waals surface area (Å²) in [6.45, 7) is 2.17. The number of hydrogen-bond donors (Lipinski definition) is 1. The Labute approximate surface area is 157 Å². The zero-order chi connectivity index (χ0) is 19.5. The molecular weight excluding hydrogens is 328 g/mol. The number of unbranched alkanes of at least 4 members (excludes halogenated alkanes) is 6. The first kappa shape index (κ1) is 23.8. The van der Waals surface area contributed by atoms with Gasteiger partial charge in [0.05, 0.1) is 0 Å². The van der Waals surface area contributed by atoms with E-state index in [1.807, 2.05) is 18.2 Å². The summed E-state index contributed by atoms with van der Waals surface area (Å²) in [6.07, 6.45) is 22.1. The van der Waals surface area contributed by atoms with Gasteiger partial charge in [0, 0.05) is 18.9 Å². The summed E-state index contributed by atoms with van der Waals surface area (Å²) in [5.41, 5.74) is 0. The summed E-state index contributed by atoms with van der Waals surface area (Å²) in [6, 6.07) is 0. The van der Waals surface area contributed by atoms with Gasteiger partial charge in [-0.15, -0.1) is 0 Å². The predicted molar refractivity (Wildman–Crippen MR) is 106 cm³/mol. The summed E-state index contributed by atoms with van der Waals surface area (Å²) >= 11 is 0. The molecule has 0 aliphatic heterocycles. The Hall–Kier alpha value is -2.23. The Morgan fingerprint density at radius 3 is 1.88 bits per heavy atom. The first-order chi connectivity index (χ1) is 12.6. The monoisotopic (exact) mass is 360 g/mol. The van der Waals surface area contributed by atoms with Crippen LogP contribution in [-0.2, 0) is 14.4 Å². The number of carbonyl (C=O) groups is 3. The molecule has 0 aromatic carbocycles. The van der Waals surface area contributed by atoms with Crippen molar-refractivity contribution in [1.29, 1.82) is 0 Å². The third-order valence-corrected chi connectivity index (χ3v) is 3.77. The third kappa shape index (κ3) is 16.6. The van der Waals surface area contributed by atoms with Crippen LogP contribution in [0.25, 0.3) is 0 Å². The predicted octanol–water partition coefficient (Wildman–Crippen LogP) is 5.35. The van der Waals surface area contributed by atoms with Crippen LogP contribution in [0.5, 0.6) is 0 Å². The van der Waals surface area contributed by atoms with Gasteiger partial charge in [-0.1, -0.05) is 81.6 Å². The molecule has 0 amide bonds. The van der Waals surface area contributed by atoms with Crippen molar-refractivity contribution in [3.05, 3.63) is 48.6 Å². The SMILES string of the molecule is CCCCCCCCC(=O)C(=O)CCCC=CC=CC=CC=CC(=O)O. The molecule has 26 heavy (non-hydrogen) atoms. The maximum atomic E-state index is 11.7. The molecule has 0 rings (SSSR count). The van der Waals surface area contributed by atoms with E-state index in [1.54, 1.807) is 18.2 Å². The number of carbonyl (C=O) groups excluding carboxylic acids is 2. The average Bonchev–Trinajstić information content (AvgIpc) is 2.61. The van der Waals surface area contributed by atoms with Crippen molar-refractivity contribution in [2.24, 2.45) is 0 Å². The van der Waals surface area contributed by atoms with Crippen LogP contribution in [0, 0.1) is 0 Å². The zero-order valence-corrected chi connectivity index (χ0v) is 15.9. The van der Waals surface area contributed by atoms with Crippen molar-refractivity contribution in [1.82, 2.24) is 0 Å². The van der Waals surface area contributed by atoms with Gasteiger partial charge >= 0.3 is 5.97 Å². The molecule has 0 aromatic rings. The molecule has 0 atom stereocenters. The molecule has 0 aromatic heterocycles. The summed E-state index contributed by atoms with van der Waals surface area (Å²) in [4.78, 5) is 33.7. The molecule has 0 bridgehead atoms. The number of rotatable bonds is 16. The van der Waals surface area contributed by atoms with Crippen molar-refractivity contribution in [2.45, 2.75) is 71.1 Å². The molecule has 4 nitrogen and oxygen atoms in total. The van der Waals surface area contributed by atoms with E-state index < -0.39 is 5.97 Å². The lowest BCUT2D eigenvalue weighted by molar-refractivity contribution is -0.136. The summed E-state index contributed by atoms with van der Waals surface area (Å²) in [7, 11) is 0. The maximum Gasteiger partial charge on any atom is 0.328 e. The Balaban J connectivity index is 3.71. The number of ketones is 2. The van der Waals surface area contributed by atoms with E-state index in [4.69, 9.17) is 5.11 Å². The van der Waals surface area contributed by atoms with Crippen molar-refractivity contribution < 1.29 is 19.5 Å². The lowest BCUT2D eigenvalue weighted by atomic mass is 10.0. The van der Waals surface area contributed by atoms with E-state index >= 15 is 0 Å². The van der Waals surface area contributed by atoms with Crippen LogP contribution in [0.3, 0.4) is 0 Å². The van der Waals surface area contributed by atoms with Crippen molar-refractivity contribution >= 4 is 17.5 Å². The molecule has 0 saturated carbocycles. The minimum absolute atomic E-state index is 0.219. The third-order valence-electron chi connectivity index (χ3n) is 3.77. The van der Waals surface area contributed by atoms with Gasteiger partial charge in [-0.2, -0.15) is 0 Å². The number of allylic oxidation sites excluding steroid dienone is 7. The Morgan fingerprint density at radius 1 is 0.692 bits per heavy atom. The van der Waals surface area contributed by atoms with Crippen LogP contribution in [0.15, 0.2) is 48.6 Å². The number of hydrogen-bond acceptors (Lipinski definition) is 3. The molecule has 0 spiro atoms. The van der Waals surface area contributed by atoms with E-state index in [2.05, 4.69) is 6.92 Å². The van der Waals surface area contributed by atoms with Crippen molar-refractivity contribution in [2.75, 3.05) is 0 Å². The lowest BCUT2D eigenvalue weighted by Crippen LogP contribution is -2.13. The van der Waals surface area contributed by atoms with Gasteiger partial charge in [-0.05, 0) is 19.3 Å². The van der Waals surface area contributed by atoms with Crippen LogP contribution in [0.4, 0.5) is 0 Å². The molecule has 0 aliphatic carbocycles. The van der Waals surface area contributed by atoms with Crippen LogP contribution in [0.2, 0.25) is 0 Å². The minimum Gasteiger partial charge on any atom is -0.478 e. The van der Waals surface area contributed by atoms with Gasteiger partial charge in [-0.25, -0.2) is 4.79 Å². The molecule has 0 fully saturated rings. The van der Waals surface area contributed by atoms with Gasteiger partial charge in [0.2, 0.25) is 0 Å². The molecule has 1 N–H and O–H groups in total. The molecule has 0 unspecified atom stereocenters. The first-order valence-corrected chi connectivity index (χ1v) is 9.53. The van der Waals surface area contributed by atoms with Gasteiger partial charge in [0.1, 0.15) is 0 Å². The van der Waals surface area contributed by atoms with Crippen LogP contribution in [0.1, 0.15) is 71.1 Å².